The Labute approximate surface area is 110 Å². The van der Waals surface area contributed by atoms with E-state index in [1.54, 1.807) is 18.2 Å². The Bertz CT molecular complexity index is 476. The average Bonchev–Trinajstić information content (AvgIpc) is 2.37. The van der Waals surface area contributed by atoms with Gasteiger partial charge in [0.15, 0.2) is 6.10 Å². The van der Waals surface area contributed by atoms with Crippen molar-refractivity contribution in [3.05, 3.63) is 23.8 Å². The van der Waals surface area contributed by atoms with E-state index in [2.05, 4.69) is 0 Å². The van der Waals surface area contributed by atoms with Crippen molar-refractivity contribution >= 4 is 11.9 Å². The highest BCUT2D eigenvalue weighted by molar-refractivity contribution is 5.95. The first-order valence-electron chi connectivity index (χ1n) is 5.61. The number of ether oxygens (including phenoxy) is 2. The topological polar surface area (TPSA) is 117 Å². The maximum atomic E-state index is 11.5. The Morgan fingerprint density at radius 2 is 2.11 bits per heavy atom. The van der Waals surface area contributed by atoms with Gasteiger partial charge in [0, 0.05) is 18.2 Å². The predicted molar refractivity (Wildman–Crippen MR) is 68.7 cm³/mol. The number of hydrogen-bond acceptors (Lipinski definition) is 5. The second kappa shape index (κ2) is 6.60. The van der Waals surface area contributed by atoms with Crippen LogP contribution in [-0.4, -0.2) is 25.2 Å². The molecule has 0 bridgehead atoms. The van der Waals surface area contributed by atoms with Crippen LogP contribution in [0.5, 0.6) is 11.5 Å². The van der Waals surface area contributed by atoms with Crippen molar-refractivity contribution in [1.29, 1.82) is 0 Å². The summed E-state index contributed by atoms with van der Waals surface area (Å²) >= 11 is 0. The minimum Gasteiger partial charge on any atom is -0.497 e. The molecule has 1 aromatic rings. The van der Waals surface area contributed by atoms with Crippen LogP contribution >= 0.6 is 0 Å². The summed E-state index contributed by atoms with van der Waals surface area (Å²) in [5.41, 5.74) is 11.2. The van der Waals surface area contributed by atoms with Crippen molar-refractivity contribution in [1.82, 2.24) is 5.32 Å². The van der Waals surface area contributed by atoms with E-state index in [4.69, 9.17) is 20.9 Å². The quantitative estimate of drug-likeness (QED) is 0.700. The van der Waals surface area contributed by atoms with E-state index in [-0.39, 0.29) is 6.54 Å². The normalized spacial score (nSPS) is 11.5. The molecule has 7 nitrogen and oxygen atoms in total. The monoisotopic (exact) mass is 267 g/mol. The van der Waals surface area contributed by atoms with Gasteiger partial charge < -0.3 is 20.9 Å². The summed E-state index contributed by atoms with van der Waals surface area (Å²) in [5.74, 6) is 0.377. The zero-order valence-electron chi connectivity index (χ0n) is 10.8. The number of benzene rings is 1. The number of hydrogen-bond donors (Lipinski definition) is 3. The molecule has 0 fully saturated rings. The van der Waals surface area contributed by atoms with Crippen LogP contribution in [-0.2, 0) is 11.3 Å². The molecule has 0 spiro atoms. The molecule has 0 aliphatic heterocycles. The van der Waals surface area contributed by atoms with Crippen LogP contribution in [0.25, 0.3) is 0 Å². The van der Waals surface area contributed by atoms with E-state index >= 15 is 0 Å². The molecule has 0 saturated carbocycles. The molecule has 0 aliphatic carbocycles. The second-order valence-electron chi connectivity index (χ2n) is 3.79. The minimum atomic E-state index is -0.926. The van der Waals surface area contributed by atoms with Gasteiger partial charge >= 0.3 is 6.03 Å². The third kappa shape index (κ3) is 4.14. The first-order valence-corrected chi connectivity index (χ1v) is 5.61. The van der Waals surface area contributed by atoms with Crippen molar-refractivity contribution in [3.8, 4) is 11.5 Å². The molecule has 104 valence electrons. The van der Waals surface area contributed by atoms with Crippen molar-refractivity contribution in [2.75, 3.05) is 7.11 Å². The number of imide groups is 1. The summed E-state index contributed by atoms with van der Waals surface area (Å²) in [6, 6.07) is 4.18. The van der Waals surface area contributed by atoms with Gasteiger partial charge in [-0.3, -0.25) is 10.1 Å². The lowest BCUT2D eigenvalue weighted by molar-refractivity contribution is -0.126. The number of methoxy groups -OCH3 is 1. The summed E-state index contributed by atoms with van der Waals surface area (Å²) in [7, 11) is 1.52. The molecule has 1 unspecified atom stereocenters. The number of amides is 3. The average molecular weight is 267 g/mol. The van der Waals surface area contributed by atoms with Gasteiger partial charge in [0.25, 0.3) is 5.91 Å². The molecule has 0 heterocycles. The molecule has 19 heavy (non-hydrogen) atoms. The zero-order valence-corrected chi connectivity index (χ0v) is 10.8. The van der Waals surface area contributed by atoms with Crippen LogP contribution in [0.1, 0.15) is 12.5 Å². The van der Waals surface area contributed by atoms with Crippen LogP contribution in [0.15, 0.2) is 18.2 Å². The van der Waals surface area contributed by atoms with Crippen LogP contribution in [0.3, 0.4) is 0 Å². The Balaban J connectivity index is 2.85. The van der Waals surface area contributed by atoms with Crippen LogP contribution in [0.4, 0.5) is 4.79 Å². The van der Waals surface area contributed by atoms with Crippen molar-refractivity contribution in [3.63, 3.8) is 0 Å². The van der Waals surface area contributed by atoms with Gasteiger partial charge in [-0.25, -0.2) is 4.79 Å². The summed E-state index contributed by atoms with van der Waals surface area (Å²) < 4.78 is 10.5. The first-order chi connectivity index (χ1) is 8.97. The zero-order chi connectivity index (χ0) is 14.4. The molecular weight excluding hydrogens is 250 g/mol. The van der Waals surface area contributed by atoms with E-state index < -0.39 is 18.0 Å². The maximum absolute atomic E-state index is 11.5. The van der Waals surface area contributed by atoms with Gasteiger partial charge in [0.2, 0.25) is 0 Å². The molecule has 7 heteroatoms. The van der Waals surface area contributed by atoms with E-state index in [0.717, 1.165) is 5.56 Å². The number of nitrogens with two attached hydrogens (primary N) is 2. The van der Waals surface area contributed by atoms with Gasteiger partial charge in [0.1, 0.15) is 11.5 Å². The standard InChI is InChI=1S/C12H17N3O4/c1-7(11(16)15-12(14)17)19-10-5-9(18-2)4-3-8(10)6-13/h3-5,7H,6,13H2,1-2H3,(H3,14,15,16,17). The number of carbonyl (C=O) groups excluding carboxylic acids is 2. The highest BCUT2D eigenvalue weighted by atomic mass is 16.5. The van der Waals surface area contributed by atoms with Gasteiger partial charge in [-0.15, -0.1) is 0 Å². The molecule has 0 aromatic heterocycles. The SMILES string of the molecule is COc1ccc(CN)c(OC(C)C(=O)NC(N)=O)c1. The van der Waals surface area contributed by atoms with Gasteiger partial charge in [-0.2, -0.15) is 0 Å². The molecule has 0 aliphatic rings. The third-order valence-corrected chi connectivity index (χ3v) is 2.41. The fraction of sp³-hybridized carbons (Fsp3) is 0.333. The number of rotatable bonds is 5. The van der Waals surface area contributed by atoms with Crippen LogP contribution in [0.2, 0.25) is 0 Å². The van der Waals surface area contributed by atoms with Crippen molar-refractivity contribution < 1.29 is 19.1 Å². The molecule has 5 N–H and O–H groups in total. The van der Waals surface area contributed by atoms with Gasteiger partial charge in [-0.05, 0) is 13.0 Å². The Kier molecular flexibility index (Phi) is 5.13. The molecule has 1 atom stereocenters. The Morgan fingerprint density at radius 1 is 1.42 bits per heavy atom. The number of carbonyl (C=O) groups is 2. The summed E-state index contributed by atoms with van der Waals surface area (Å²) in [4.78, 5) is 22.1. The van der Waals surface area contributed by atoms with E-state index in [1.165, 1.54) is 14.0 Å². The first kappa shape index (κ1) is 14.8. The molecule has 0 saturated heterocycles. The van der Waals surface area contributed by atoms with Gasteiger partial charge in [-0.1, -0.05) is 6.07 Å². The smallest absolute Gasteiger partial charge is 0.318 e. The van der Waals surface area contributed by atoms with E-state index in [1.807, 2.05) is 5.32 Å². The molecular formula is C12H17N3O4. The summed E-state index contributed by atoms with van der Waals surface area (Å²) in [6.45, 7) is 1.75. The van der Waals surface area contributed by atoms with Crippen molar-refractivity contribution in [2.45, 2.75) is 19.6 Å². The largest absolute Gasteiger partial charge is 0.497 e. The van der Waals surface area contributed by atoms with Crippen LogP contribution in [0, 0.1) is 0 Å². The molecule has 0 radical (unpaired) electrons. The highest BCUT2D eigenvalue weighted by Crippen LogP contribution is 2.25. The lowest BCUT2D eigenvalue weighted by atomic mass is 10.2. The summed E-state index contributed by atoms with van der Waals surface area (Å²) in [6.07, 6.45) is -0.884. The number of urea groups is 1. The van der Waals surface area contributed by atoms with E-state index in [9.17, 15) is 9.59 Å². The molecule has 1 aromatic carbocycles. The van der Waals surface area contributed by atoms with Gasteiger partial charge in [0.05, 0.1) is 7.11 Å². The third-order valence-electron chi connectivity index (χ3n) is 2.41. The lowest BCUT2D eigenvalue weighted by Crippen LogP contribution is -2.42. The second-order valence-corrected chi connectivity index (χ2v) is 3.79. The maximum Gasteiger partial charge on any atom is 0.318 e. The fourth-order valence-corrected chi connectivity index (χ4v) is 1.41. The lowest BCUT2D eigenvalue weighted by Gasteiger charge is -2.16. The van der Waals surface area contributed by atoms with Crippen LogP contribution < -0.4 is 26.3 Å². The Morgan fingerprint density at radius 3 is 2.63 bits per heavy atom. The minimum absolute atomic E-state index is 0.253. The highest BCUT2D eigenvalue weighted by Gasteiger charge is 2.17. The van der Waals surface area contributed by atoms with Crippen molar-refractivity contribution in [2.24, 2.45) is 11.5 Å². The predicted octanol–water partition coefficient (Wildman–Crippen LogP) is 0.116. The number of primary amides is 1. The summed E-state index contributed by atoms with van der Waals surface area (Å²) in [5, 5.41) is 1.94. The Hall–Kier alpha value is -2.28. The van der Waals surface area contributed by atoms with E-state index in [0.29, 0.717) is 11.5 Å². The molecule has 1 rings (SSSR count). The molecule has 3 amide bonds. The fourth-order valence-electron chi connectivity index (χ4n) is 1.41. The number of nitrogens with one attached hydrogen (secondary N) is 1.